The maximum Gasteiger partial charge on any atom is 0.128 e. The maximum atomic E-state index is 9.20. The molecular weight excluding hydrogens is 368 g/mol. The van der Waals surface area contributed by atoms with Gasteiger partial charge in [0.25, 0.3) is 0 Å². The first-order chi connectivity index (χ1) is 14.4. The Morgan fingerprint density at radius 1 is 0.633 bits per heavy atom. The van der Waals surface area contributed by atoms with E-state index in [9.17, 15) is 10.5 Å². The minimum absolute atomic E-state index is 0.293. The van der Waals surface area contributed by atoms with Crippen LogP contribution in [0.3, 0.4) is 0 Å². The number of nitriles is 2. The Morgan fingerprint density at radius 2 is 1.00 bits per heavy atom. The Bertz CT molecular complexity index is 959. The molecule has 1 saturated carbocycles. The third kappa shape index (κ3) is 4.56. The fraction of sp³-hybridized carbons (Fsp3) is 0.308. The van der Waals surface area contributed by atoms with E-state index in [1.54, 1.807) is 0 Å². The molecule has 1 aliphatic carbocycles. The topological polar surface area (TPSA) is 54.1 Å². The molecule has 2 aromatic carbocycles. The van der Waals surface area contributed by atoms with Gasteiger partial charge in [-0.25, -0.2) is 0 Å². The van der Waals surface area contributed by atoms with Crippen molar-refractivity contribution < 1.29 is 0 Å². The molecular formula is C26H28N4. The van der Waals surface area contributed by atoms with E-state index in [0.29, 0.717) is 5.57 Å². The lowest BCUT2D eigenvalue weighted by atomic mass is 9.82. The van der Waals surface area contributed by atoms with Crippen molar-refractivity contribution in [3.8, 4) is 12.1 Å². The first-order valence-corrected chi connectivity index (χ1v) is 10.2. The molecule has 0 N–H and O–H groups in total. The van der Waals surface area contributed by atoms with Crippen LogP contribution in [0.5, 0.6) is 0 Å². The fourth-order valence-electron chi connectivity index (χ4n) is 3.96. The quantitative estimate of drug-likeness (QED) is 0.637. The molecule has 4 heteroatoms. The zero-order valence-electron chi connectivity index (χ0n) is 18.2. The highest BCUT2D eigenvalue weighted by molar-refractivity contribution is 5.83. The number of allylic oxidation sites excluding steroid dienone is 3. The van der Waals surface area contributed by atoms with Gasteiger partial charge in [-0.2, -0.15) is 10.5 Å². The lowest BCUT2D eigenvalue weighted by Gasteiger charge is -2.23. The highest BCUT2D eigenvalue weighted by atomic mass is 15.1. The predicted octanol–water partition coefficient (Wildman–Crippen LogP) is 5.54. The minimum atomic E-state index is 0.293. The summed E-state index contributed by atoms with van der Waals surface area (Å²) in [7, 11) is 8.19. The van der Waals surface area contributed by atoms with Crippen LogP contribution in [0, 0.1) is 22.7 Å². The maximum absolute atomic E-state index is 9.20. The summed E-state index contributed by atoms with van der Waals surface area (Å²) < 4.78 is 0. The second-order valence-electron chi connectivity index (χ2n) is 8.06. The lowest BCUT2D eigenvalue weighted by Crippen LogP contribution is -2.09. The SMILES string of the molecule is CN(C)c1ccc(C(=C2CCC(=C(C#N)C#N)CC2)c2ccc(N(C)C)cc2)cc1. The number of rotatable bonds is 4. The third-order valence-electron chi connectivity index (χ3n) is 5.73. The van der Waals surface area contributed by atoms with Gasteiger partial charge in [-0.15, -0.1) is 0 Å². The Kier molecular flexibility index (Phi) is 6.60. The van der Waals surface area contributed by atoms with Crippen LogP contribution in [0.1, 0.15) is 36.8 Å². The molecule has 30 heavy (non-hydrogen) atoms. The minimum Gasteiger partial charge on any atom is -0.378 e. The van der Waals surface area contributed by atoms with E-state index in [2.05, 4.69) is 70.5 Å². The predicted molar refractivity (Wildman–Crippen MR) is 124 cm³/mol. The summed E-state index contributed by atoms with van der Waals surface area (Å²) in [6.07, 6.45) is 3.31. The van der Waals surface area contributed by atoms with Crippen LogP contribution in [0.25, 0.3) is 5.57 Å². The zero-order chi connectivity index (χ0) is 21.7. The smallest absolute Gasteiger partial charge is 0.128 e. The van der Waals surface area contributed by atoms with Gasteiger partial charge < -0.3 is 9.80 Å². The molecule has 2 aromatic rings. The first-order valence-electron chi connectivity index (χ1n) is 10.2. The molecule has 0 unspecified atom stereocenters. The number of hydrogen-bond donors (Lipinski definition) is 0. The van der Waals surface area contributed by atoms with E-state index < -0.39 is 0 Å². The molecule has 1 fully saturated rings. The van der Waals surface area contributed by atoms with Crippen LogP contribution < -0.4 is 9.80 Å². The second kappa shape index (κ2) is 9.33. The van der Waals surface area contributed by atoms with E-state index >= 15 is 0 Å². The molecule has 152 valence electrons. The Hall–Kier alpha value is -3.50. The standard InChI is InChI=1S/C26H28N4/c1-29(2)24-13-9-21(10-14-24)26(22-11-15-25(16-12-22)30(3)4)20-7-5-19(6-8-20)23(17-27)18-28/h9-16H,5-8H2,1-4H3. The molecule has 0 bridgehead atoms. The summed E-state index contributed by atoms with van der Waals surface area (Å²) in [5.74, 6) is 0. The van der Waals surface area contributed by atoms with Crippen molar-refractivity contribution in [1.82, 2.24) is 0 Å². The molecule has 0 amide bonds. The summed E-state index contributed by atoms with van der Waals surface area (Å²) in [4.78, 5) is 4.21. The van der Waals surface area contributed by atoms with Crippen molar-refractivity contribution in [3.63, 3.8) is 0 Å². The Labute approximate surface area is 180 Å². The summed E-state index contributed by atoms with van der Waals surface area (Å²) in [6.45, 7) is 0. The van der Waals surface area contributed by atoms with Crippen molar-refractivity contribution in [3.05, 3.63) is 76.4 Å². The highest BCUT2D eigenvalue weighted by Crippen LogP contribution is 2.38. The average molecular weight is 397 g/mol. The van der Waals surface area contributed by atoms with Gasteiger partial charge in [-0.05, 0) is 72.2 Å². The van der Waals surface area contributed by atoms with Gasteiger partial charge in [-0.1, -0.05) is 29.8 Å². The van der Waals surface area contributed by atoms with Crippen LogP contribution in [-0.4, -0.2) is 28.2 Å². The van der Waals surface area contributed by atoms with Gasteiger partial charge >= 0.3 is 0 Å². The lowest BCUT2D eigenvalue weighted by molar-refractivity contribution is 0.727. The van der Waals surface area contributed by atoms with E-state index in [-0.39, 0.29) is 0 Å². The molecule has 0 saturated heterocycles. The van der Waals surface area contributed by atoms with Crippen molar-refractivity contribution in [2.75, 3.05) is 38.0 Å². The number of benzene rings is 2. The number of anilines is 2. The van der Waals surface area contributed by atoms with Crippen LogP contribution >= 0.6 is 0 Å². The van der Waals surface area contributed by atoms with Gasteiger partial charge in [0.15, 0.2) is 0 Å². The van der Waals surface area contributed by atoms with Gasteiger partial charge in [0, 0.05) is 39.6 Å². The van der Waals surface area contributed by atoms with Gasteiger partial charge in [0.1, 0.15) is 17.7 Å². The molecule has 0 atom stereocenters. The van der Waals surface area contributed by atoms with Crippen LogP contribution in [0.15, 0.2) is 65.3 Å². The highest BCUT2D eigenvalue weighted by Gasteiger charge is 2.19. The molecule has 0 radical (unpaired) electrons. The molecule has 0 heterocycles. The van der Waals surface area contributed by atoms with Gasteiger partial charge in [-0.3, -0.25) is 0 Å². The molecule has 3 rings (SSSR count). The number of hydrogen-bond acceptors (Lipinski definition) is 4. The summed E-state index contributed by atoms with van der Waals surface area (Å²) in [5, 5.41) is 18.4. The monoisotopic (exact) mass is 396 g/mol. The Balaban J connectivity index is 2.04. The Morgan fingerprint density at radius 3 is 1.33 bits per heavy atom. The van der Waals surface area contributed by atoms with Crippen molar-refractivity contribution in [2.45, 2.75) is 25.7 Å². The van der Waals surface area contributed by atoms with Crippen molar-refractivity contribution in [2.24, 2.45) is 0 Å². The molecule has 1 aliphatic rings. The van der Waals surface area contributed by atoms with Crippen LogP contribution in [-0.2, 0) is 0 Å². The van der Waals surface area contributed by atoms with Crippen LogP contribution in [0.4, 0.5) is 11.4 Å². The second-order valence-corrected chi connectivity index (χ2v) is 8.06. The van der Waals surface area contributed by atoms with E-state index in [1.165, 1.54) is 33.6 Å². The molecule has 4 nitrogen and oxygen atoms in total. The van der Waals surface area contributed by atoms with E-state index in [1.807, 2.05) is 28.2 Å². The summed E-state index contributed by atoms with van der Waals surface area (Å²) in [6, 6.07) is 21.5. The molecule has 0 spiro atoms. The summed E-state index contributed by atoms with van der Waals surface area (Å²) >= 11 is 0. The van der Waals surface area contributed by atoms with E-state index in [4.69, 9.17) is 0 Å². The van der Waals surface area contributed by atoms with E-state index in [0.717, 1.165) is 31.3 Å². The normalized spacial score (nSPS) is 13.3. The van der Waals surface area contributed by atoms with Crippen LogP contribution in [0.2, 0.25) is 0 Å². The average Bonchev–Trinajstić information content (AvgIpc) is 2.76. The van der Waals surface area contributed by atoms with Crippen molar-refractivity contribution in [1.29, 1.82) is 10.5 Å². The summed E-state index contributed by atoms with van der Waals surface area (Å²) in [5.41, 5.74) is 8.72. The van der Waals surface area contributed by atoms with Gasteiger partial charge in [0.05, 0.1) is 0 Å². The third-order valence-corrected chi connectivity index (χ3v) is 5.73. The van der Waals surface area contributed by atoms with Gasteiger partial charge in [0.2, 0.25) is 0 Å². The zero-order valence-corrected chi connectivity index (χ0v) is 18.2. The molecule has 0 aliphatic heterocycles. The number of nitrogens with zero attached hydrogens (tertiary/aromatic N) is 4. The first kappa shape index (κ1) is 21.2. The fourth-order valence-corrected chi connectivity index (χ4v) is 3.96. The van der Waals surface area contributed by atoms with Crippen molar-refractivity contribution >= 4 is 16.9 Å². The molecule has 0 aromatic heterocycles. The largest absolute Gasteiger partial charge is 0.378 e.